The second kappa shape index (κ2) is 7.73. The van der Waals surface area contributed by atoms with Crippen LogP contribution in [0.4, 0.5) is 0 Å². The molecule has 3 aromatic rings. The molecule has 0 bridgehead atoms. The normalized spacial score (nSPS) is 26.2. The lowest BCUT2D eigenvalue weighted by Gasteiger charge is -2.42. The number of fused-ring (bicyclic) bond motifs is 2. The fourth-order valence-corrected chi connectivity index (χ4v) is 5.56. The summed E-state index contributed by atoms with van der Waals surface area (Å²) in [4.78, 5) is 18.0. The molecule has 5 rings (SSSR count). The van der Waals surface area contributed by atoms with Crippen LogP contribution >= 0.6 is 0 Å². The number of aromatic amines is 1. The fraction of sp³-hybridized carbons (Fsp3) is 0.458. The predicted octanol–water partition coefficient (Wildman–Crippen LogP) is 3.03. The molecule has 7 nitrogen and oxygen atoms in total. The van der Waals surface area contributed by atoms with Crippen molar-refractivity contribution in [1.29, 1.82) is 0 Å². The maximum Gasteiger partial charge on any atom is 0.326 e. The Morgan fingerprint density at radius 1 is 1.13 bits per heavy atom. The van der Waals surface area contributed by atoms with E-state index < -0.39 is 6.10 Å². The van der Waals surface area contributed by atoms with Crippen molar-refractivity contribution < 1.29 is 14.6 Å². The minimum atomic E-state index is -0.565. The molecule has 2 heterocycles. The number of hydrogen-bond acceptors (Lipinski definition) is 5. The lowest BCUT2D eigenvalue weighted by Crippen LogP contribution is -2.49. The van der Waals surface area contributed by atoms with E-state index >= 15 is 0 Å². The standard InChI is InChI=1S/C24H29N3O4/c1-14-10-16(27-19-7-5-4-6-18(19)25-24(27)29)8-9-26(14)20-11-15-12-21(30-2)22(31-3)13-17(15)23(20)28/h4-7,12-14,16,20,23,28H,8-11H2,1-3H3,(H,25,29)/t14?,16?,20-,23+/m0/s1. The zero-order chi connectivity index (χ0) is 21.7. The van der Waals surface area contributed by atoms with Crippen LogP contribution in [0.3, 0.4) is 0 Å². The fourth-order valence-electron chi connectivity index (χ4n) is 5.56. The maximum absolute atomic E-state index is 12.6. The molecule has 31 heavy (non-hydrogen) atoms. The number of likely N-dealkylation sites (tertiary alicyclic amines) is 1. The first-order chi connectivity index (χ1) is 15.0. The van der Waals surface area contributed by atoms with Gasteiger partial charge in [0.25, 0.3) is 0 Å². The number of ether oxygens (including phenoxy) is 2. The van der Waals surface area contributed by atoms with Crippen molar-refractivity contribution >= 4 is 11.0 Å². The van der Waals surface area contributed by atoms with E-state index in [1.54, 1.807) is 14.2 Å². The smallest absolute Gasteiger partial charge is 0.326 e. The minimum Gasteiger partial charge on any atom is -0.493 e. The quantitative estimate of drug-likeness (QED) is 0.674. The van der Waals surface area contributed by atoms with E-state index in [0.717, 1.165) is 48.0 Å². The summed E-state index contributed by atoms with van der Waals surface area (Å²) >= 11 is 0. The van der Waals surface area contributed by atoms with Crippen molar-refractivity contribution in [3.8, 4) is 11.5 Å². The van der Waals surface area contributed by atoms with Crippen LogP contribution in [-0.4, -0.2) is 52.4 Å². The highest BCUT2D eigenvalue weighted by atomic mass is 16.5. The van der Waals surface area contributed by atoms with E-state index in [2.05, 4.69) is 16.8 Å². The molecule has 2 aromatic carbocycles. The first-order valence-corrected chi connectivity index (χ1v) is 10.9. The summed E-state index contributed by atoms with van der Waals surface area (Å²) < 4.78 is 12.8. The predicted molar refractivity (Wildman–Crippen MR) is 119 cm³/mol. The summed E-state index contributed by atoms with van der Waals surface area (Å²) in [5, 5.41) is 11.1. The van der Waals surface area contributed by atoms with Crippen molar-refractivity contribution in [3.05, 3.63) is 58.0 Å². The molecule has 7 heteroatoms. The molecule has 0 amide bonds. The van der Waals surface area contributed by atoms with E-state index in [1.807, 2.05) is 41.0 Å². The van der Waals surface area contributed by atoms with Gasteiger partial charge in [0.2, 0.25) is 0 Å². The molecule has 0 radical (unpaired) electrons. The number of imidazole rings is 1. The molecule has 0 spiro atoms. The van der Waals surface area contributed by atoms with Gasteiger partial charge in [0, 0.05) is 24.7 Å². The Hall–Kier alpha value is -2.77. The average molecular weight is 424 g/mol. The highest BCUT2D eigenvalue weighted by molar-refractivity contribution is 5.75. The number of methoxy groups -OCH3 is 2. The van der Waals surface area contributed by atoms with Crippen LogP contribution in [0.5, 0.6) is 11.5 Å². The Balaban J connectivity index is 1.37. The van der Waals surface area contributed by atoms with Crippen LogP contribution in [0.15, 0.2) is 41.2 Å². The highest BCUT2D eigenvalue weighted by Crippen LogP contribution is 2.43. The number of H-pyrrole nitrogens is 1. The third-order valence-electron chi connectivity index (χ3n) is 7.07. The van der Waals surface area contributed by atoms with Gasteiger partial charge in [0.15, 0.2) is 11.5 Å². The largest absolute Gasteiger partial charge is 0.493 e. The van der Waals surface area contributed by atoms with Gasteiger partial charge in [-0.1, -0.05) is 12.1 Å². The second-order valence-electron chi connectivity index (χ2n) is 8.70. The molecule has 164 valence electrons. The van der Waals surface area contributed by atoms with Crippen molar-refractivity contribution in [2.24, 2.45) is 0 Å². The number of hydrogen-bond donors (Lipinski definition) is 2. The Morgan fingerprint density at radius 3 is 2.61 bits per heavy atom. The monoisotopic (exact) mass is 423 g/mol. The lowest BCUT2D eigenvalue weighted by atomic mass is 9.94. The number of benzene rings is 2. The van der Waals surface area contributed by atoms with Crippen molar-refractivity contribution in [2.45, 2.75) is 50.4 Å². The molecule has 1 aromatic heterocycles. The summed E-state index contributed by atoms with van der Waals surface area (Å²) in [5.41, 5.74) is 3.83. The zero-order valence-electron chi connectivity index (χ0n) is 18.2. The van der Waals surface area contributed by atoms with Crippen LogP contribution in [0.25, 0.3) is 11.0 Å². The summed E-state index contributed by atoms with van der Waals surface area (Å²) in [7, 11) is 3.25. The molecule has 2 unspecified atom stereocenters. The van der Waals surface area contributed by atoms with Crippen molar-refractivity contribution in [2.75, 3.05) is 20.8 Å². The summed E-state index contributed by atoms with van der Waals surface area (Å²) in [5.74, 6) is 1.34. The van der Waals surface area contributed by atoms with Crippen LogP contribution in [0.1, 0.15) is 43.0 Å². The molecular weight excluding hydrogens is 394 g/mol. The Morgan fingerprint density at radius 2 is 1.87 bits per heavy atom. The van der Waals surface area contributed by atoms with Crippen LogP contribution < -0.4 is 15.2 Å². The molecule has 1 fully saturated rings. The Labute approximate surface area is 181 Å². The molecule has 2 aliphatic rings. The number of aliphatic hydroxyl groups excluding tert-OH is 1. The third-order valence-corrected chi connectivity index (χ3v) is 7.07. The van der Waals surface area contributed by atoms with Gasteiger partial charge in [-0.05, 0) is 61.6 Å². The third kappa shape index (κ3) is 3.23. The maximum atomic E-state index is 12.6. The van der Waals surface area contributed by atoms with Crippen LogP contribution in [-0.2, 0) is 6.42 Å². The second-order valence-corrected chi connectivity index (χ2v) is 8.70. The van der Waals surface area contributed by atoms with Gasteiger partial charge in [-0.25, -0.2) is 4.79 Å². The van der Waals surface area contributed by atoms with E-state index in [4.69, 9.17) is 9.47 Å². The molecule has 1 aliphatic heterocycles. The van der Waals surface area contributed by atoms with Crippen LogP contribution in [0.2, 0.25) is 0 Å². The molecular formula is C24H29N3O4. The molecule has 2 N–H and O–H groups in total. The molecule has 4 atom stereocenters. The number of para-hydroxylation sites is 2. The molecule has 1 saturated heterocycles. The van der Waals surface area contributed by atoms with Gasteiger partial charge in [0.1, 0.15) is 0 Å². The first-order valence-electron chi connectivity index (χ1n) is 10.9. The number of aliphatic hydroxyl groups is 1. The van der Waals surface area contributed by atoms with Gasteiger partial charge < -0.3 is 19.6 Å². The van der Waals surface area contributed by atoms with Crippen molar-refractivity contribution in [1.82, 2.24) is 14.5 Å². The summed E-state index contributed by atoms with van der Waals surface area (Å²) in [6.45, 7) is 3.03. The molecule has 0 saturated carbocycles. The van der Waals surface area contributed by atoms with E-state index in [-0.39, 0.29) is 23.8 Å². The SMILES string of the molecule is COc1cc2c(cc1OC)[C@@H](O)[C@@H](N1CCC(n3c(=O)[nH]c4ccccc43)CC1C)C2. The average Bonchev–Trinajstić information content (AvgIpc) is 3.28. The van der Waals surface area contributed by atoms with Gasteiger partial charge in [0.05, 0.1) is 31.4 Å². The van der Waals surface area contributed by atoms with Gasteiger partial charge >= 0.3 is 5.69 Å². The number of aromatic nitrogens is 2. The van der Waals surface area contributed by atoms with Gasteiger partial charge in [-0.3, -0.25) is 9.47 Å². The number of nitrogens with zero attached hydrogens (tertiary/aromatic N) is 2. The zero-order valence-corrected chi connectivity index (χ0v) is 18.2. The topological polar surface area (TPSA) is 79.7 Å². The van der Waals surface area contributed by atoms with Gasteiger partial charge in [-0.15, -0.1) is 0 Å². The number of rotatable bonds is 4. The van der Waals surface area contributed by atoms with Crippen LogP contribution in [0, 0.1) is 0 Å². The van der Waals surface area contributed by atoms with E-state index in [0.29, 0.717) is 11.5 Å². The lowest BCUT2D eigenvalue weighted by molar-refractivity contribution is 0.0111. The summed E-state index contributed by atoms with van der Waals surface area (Å²) in [6.07, 6.45) is 1.95. The number of nitrogens with one attached hydrogen (secondary N) is 1. The van der Waals surface area contributed by atoms with E-state index in [1.165, 1.54) is 0 Å². The van der Waals surface area contributed by atoms with Gasteiger partial charge in [-0.2, -0.15) is 0 Å². The highest BCUT2D eigenvalue weighted by Gasteiger charge is 2.40. The minimum absolute atomic E-state index is 0.0162. The van der Waals surface area contributed by atoms with E-state index in [9.17, 15) is 9.90 Å². The first kappa shape index (κ1) is 20.2. The number of piperidine rings is 1. The Kier molecular flexibility index (Phi) is 5.02. The summed E-state index contributed by atoms with van der Waals surface area (Å²) in [6, 6.07) is 12.2. The molecule has 1 aliphatic carbocycles. The Bertz CT molecular complexity index is 1170. The van der Waals surface area contributed by atoms with Crippen molar-refractivity contribution in [3.63, 3.8) is 0 Å².